The largest absolute Gasteiger partial charge is 0.347 e. The van der Waals surface area contributed by atoms with Gasteiger partial charge in [-0.3, -0.25) is 9.59 Å². The Labute approximate surface area is 110 Å². The zero-order chi connectivity index (χ0) is 12.6. The van der Waals surface area contributed by atoms with Crippen LogP contribution in [0.25, 0.3) is 0 Å². The minimum Gasteiger partial charge on any atom is -0.347 e. The Kier molecular flexibility index (Phi) is 11.3. The third-order valence-electron chi connectivity index (χ3n) is 2.27. The van der Waals surface area contributed by atoms with Crippen LogP contribution in [-0.2, 0) is 9.59 Å². The third-order valence-corrected chi connectivity index (χ3v) is 2.27. The highest BCUT2D eigenvalue weighted by Gasteiger charge is 2.16. The molecule has 0 fully saturated rings. The minimum absolute atomic E-state index is 0. The van der Waals surface area contributed by atoms with Gasteiger partial charge >= 0.3 is 0 Å². The van der Waals surface area contributed by atoms with Gasteiger partial charge in [-0.2, -0.15) is 0 Å². The highest BCUT2D eigenvalue weighted by Crippen LogP contribution is 2.00. The maximum Gasteiger partial charge on any atom is 0.241 e. The molecule has 0 aliphatic heterocycles. The van der Waals surface area contributed by atoms with Crippen LogP contribution in [0.4, 0.5) is 0 Å². The number of nitrogens with two attached hydrogens (primary N) is 1. The van der Waals surface area contributed by atoms with Crippen molar-refractivity contribution in [2.24, 2.45) is 5.73 Å². The van der Waals surface area contributed by atoms with Gasteiger partial charge in [0.05, 0.1) is 6.54 Å². The van der Waals surface area contributed by atoms with Crippen molar-refractivity contribution in [1.29, 1.82) is 0 Å². The van der Waals surface area contributed by atoms with Gasteiger partial charge < -0.3 is 15.5 Å². The lowest BCUT2D eigenvalue weighted by molar-refractivity contribution is -0.139. The first kappa shape index (κ1) is 18.6. The Morgan fingerprint density at radius 1 is 1.18 bits per heavy atom. The van der Waals surface area contributed by atoms with Gasteiger partial charge in [0.25, 0.3) is 0 Å². The number of carbonyl (C=O) groups is 2. The van der Waals surface area contributed by atoms with Crippen LogP contribution in [0.15, 0.2) is 0 Å². The van der Waals surface area contributed by atoms with E-state index in [1.54, 1.807) is 19.0 Å². The highest BCUT2D eigenvalue weighted by molar-refractivity contribution is 5.85. The molecule has 0 aromatic heterocycles. The van der Waals surface area contributed by atoms with Crippen molar-refractivity contribution in [1.82, 2.24) is 9.80 Å². The van der Waals surface area contributed by atoms with Gasteiger partial charge in [-0.25, -0.2) is 0 Å². The normalized spacial score (nSPS) is 9.41. The molecule has 0 unspecified atom stereocenters. The Morgan fingerprint density at radius 3 is 2.18 bits per heavy atom. The highest BCUT2D eigenvalue weighted by atomic mass is 35.5. The predicted octanol–water partition coefficient (Wildman–Crippen LogP) is 0.474. The second-order valence-corrected chi connectivity index (χ2v) is 4.00. The average Bonchev–Trinajstić information content (AvgIpc) is 2.24. The number of nitrogens with zero attached hydrogens (tertiary/aromatic N) is 2. The van der Waals surface area contributed by atoms with E-state index >= 15 is 0 Å². The molecule has 0 saturated carbocycles. The molecule has 0 radical (unpaired) electrons. The summed E-state index contributed by atoms with van der Waals surface area (Å²) in [5.41, 5.74) is 5.35. The van der Waals surface area contributed by atoms with Gasteiger partial charge in [-0.1, -0.05) is 6.92 Å². The third kappa shape index (κ3) is 7.99. The van der Waals surface area contributed by atoms with Crippen molar-refractivity contribution >= 4 is 24.2 Å². The zero-order valence-corrected chi connectivity index (χ0v) is 11.8. The lowest BCUT2D eigenvalue weighted by Gasteiger charge is -2.23. The fourth-order valence-corrected chi connectivity index (χ4v) is 1.28. The molecule has 0 saturated heterocycles. The van der Waals surface area contributed by atoms with E-state index in [9.17, 15) is 9.59 Å². The monoisotopic (exact) mass is 265 g/mol. The van der Waals surface area contributed by atoms with E-state index in [-0.39, 0.29) is 30.8 Å². The molecular weight excluding hydrogens is 242 g/mol. The quantitative estimate of drug-likeness (QED) is 0.728. The van der Waals surface area contributed by atoms with Crippen molar-refractivity contribution in [3.05, 3.63) is 0 Å². The van der Waals surface area contributed by atoms with E-state index in [2.05, 4.69) is 0 Å². The van der Waals surface area contributed by atoms with E-state index in [1.807, 2.05) is 6.92 Å². The molecule has 0 heterocycles. The van der Waals surface area contributed by atoms with Crippen LogP contribution in [-0.4, -0.2) is 55.3 Å². The summed E-state index contributed by atoms with van der Waals surface area (Å²) >= 11 is 0. The predicted molar refractivity (Wildman–Crippen MR) is 71.1 cm³/mol. The molecule has 6 heteroatoms. The summed E-state index contributed by atoms with van der Waals surface area (Å²) in [5, 5.41) is 0. The van der Waals surface area contributed by atoms with Crippen LogP contribution >= 0.6 is 12.4 Å². The number of hydrogen-bond donors (Lipinski definition) is 1. The van der Waals surface area contributed by atoms with Gasteiger partial charge in [-0.15, -0.1) is 12.4 Å². The second-order valence-electron chi connectivity index (χ2n) is 4.00. The van der Waals surface area contributed by atoms with E-state index in [0.29, 0.717) is 25.9 Å². The first-order chi connectivity index (χ1) is 7.52. The zero-order valence-electron chi connectivity index (χ0n) is 10.9. The molecular formula is C11H24ClN3O2. The maximum absolute atomic E-state index is 11.7. The lowest BCUT2D eigenvalue weighted by atomic mass is 10.2. The van der Waals surface area contributed by atoms with E-state index in [0.717, 1.165) is 6.42 Å². The molecule has 102 valence electrons. The summed E-state index contributed by atoms with van der Waals surface area (Å²) in [6.07, 6.45) is 1.96. The summed E-state index contributed by atoms with van der Waals surface area (Å²) in [6, 6.07) is 0. The number of rotatable bonds is 7. The summed E-state index contributed by atoms with van der Waals surface area (Å²) in [4.78, 5) is 26.4. The van der Waals surface area contributed by atoms with Crippen LogP contribution in [0, 0.1) is 0 Å². The first-order valence-electron chi connectivity index (χ1n) is 5.70. The molecule has 0 bridgehead atoms. The molecule has 2 N–H and O–H groups in total. The van der Waals surface area contributed by atoms with Gasteiger partial charge in [0.1, 0.15) is 0 Å². The molecule has 17 heavy (non-hydrogen) atoms. The van der Waals surface area contributed by atoms with Crippen LogP contribution in [0.2, 0.25) is 0 Å². The van der Waals surface area contributed by atoms with E-state index < -0.39 is 0 Å². The minimum atomic E-state index is -0.0467. The smallest absolute Gasteiger partial charge is 0.241 e. The molecule has 0 spiro atoms. The Bertz CT molecular complexity index is 235. The number of likely N-dealkylation sites (N-methyl/N-ethyl adjacent to an activating group) is 1. The molecule has 0 rings (SSSR count). The SMILES string of the molecule is CCCN(CC(=O)N(C)C)C(=O)CCCN.Cl. The standard InChI is InChI=1S/C11H23N3O2.ClH/c1-4-8-14(9-11(16)13(2)3)10(15)6-5-7-12;/h4-9,12H2,1-3H3;1H. The van der Waals surface area contributed by atoms with Gasteiger partial charge in [-0.05, 0) is 19.4 Å². The van der Waals surface area contributed by atoms with Crippen molar-refractivity contribution in [2.75, 3.05) is 33.7 Å². The van der Waals surface area contributed by atoms with Crippen LogP contribution in [0.3, 0.4) is 0 Å². The van der Waals surface area contributed by atoms with Gasteiger partial charge in [0, 0.05) is 27.1 Å². The Hall–Kier alpha value is -0.810. The summed E-state index contributed by atoms with van der Waals surface area (Å²) in [7, 11) is 3.38. The number of amides is 2. The van der Waals surface area contributed by atoms with Crippen molar-refractivity contribution < 1.29 is 9.59 Å². The van der Waals surface area contributed by atoms with Crippen molar-refractivity contribution in [3.8, 4) is 0 Å². The first-order valence-corrected chi connectivity index (χ1v) is 5.70. The molecule has 0 aromatic carbocycles. The van der Waals surface area contributed by atoms with Gasteiger partial charge in [0.15, 0.2) is 0 Å². The number of carbonyl (C=O) groups excluding carboxylic acids is 2. The Morgan fingerprint density at radius 2 is 1.76 bits per heavy atom. The summed E-state index contributed by atoms with van der Waals surface area (Å²) < 4.78 is 0. The second kappa shape index (κ2) is 10.4. The van der Waals surface area contributed by atoms with Gasteiger partial charge in [0.2, 0.25) is 11.8 Å². The van der Waals surface area contributed by atoms with Crippen LogP contribution in [0.1, 0.15) is 26.2 Å². The summed E-state index contributed by atoms with van der Waals surface area (Å²) in [6.45, 7) is 3.30. The summed E-state index contributed by atoms with van der Waals surface area (Å²) in [5.74, 6) is -0.0305. The number of halogens is 1. The molecule has 2 amide bonds. The lowest BCUT2D eigenvalue weighted by Crippen LogP contribution is -2.40. The Balaban J connectivity index is 0. The topological polar surface area (TPSA) is 66.6 Å². The molecule has 0 aliphatic carbocycles. The molecule has 5 nitrogen and oxygen atoms in total. The van der Waals surface area contributed by atoms with Crippen LogP contribution in [0.5, 0.6) is 0 Å². The molecule has 0 atom stereocenters. The molecule has 0 aromatic rings. The van der Waals surface area contributed by atoms with E-state index in [4.69, 9.17) is 5.73 Å². The average molecular weight is 266 g/mol. The van der Waals surface area contributed by atoms with Crippen LogP contribution < -0.4 is 5.73 Å². The van der Waals surface area contributed by atoms with E-state index in [1.165, 1.54) is 4.90 Å². The maximum atomic E-state index is 11.7. The fourth-order valence-electron chi connectivity index (χ4n) is 1.28. The number of hydrogen-bond acceptors (Lipinski definition) is 3. The molecule has 0 aliphatic rings. The van der Waals surface area contributed by atoms with Crippen molar-refractivity contribution in [2.45, 2.75) is 26.2 Å². The van der Waals surface area contributed by atoms with Crippen molar-refractivity contribution in [3.63, 3.8) is 0 Å². The fraction of sp³-hybridized carbons (Fsp3) is 0.818.